The molecule has 2 rings (SSSR count). The molecule has 1 saturated heterocycles. The van der Waals surface area contributed by atoms with Gasteiger partial charge >= 0.3 is 5.97 Å². The van der Waals surface area contributed by atoms with Gasteiger partial charge in [0.15, 0.2) is 0 Å². The number of carbonyl (C=O) groups is 2. The van der Waals surface area contributed by atoms with Crippen molar-refractivity contribution in [2.45, 2.75) is 50.5 Å². The standard InChI is InChI=1S/C17H24N2O5S/c1-12-6-7-14(11-15(12)17(22)18-9-8-16(20)21)25(23,24)19-10-4-3-5-13(19)2/h6-7,11,13H,3-5,8-10H2,1-2H3,(H,18,22)(H,20,21). The first-order chi connectivity index (χ1) is 11.7. The number of nitrogens with zero attached hydrogens (tertiary/aromatic N) is 1. The lowest BCUT2D eigenvalue weighted by molar-refractivity contribution is -0.136. The van der Waals surface area contributed by atoms with Gasteiger partial charge in [-0.15, -0.1) is 0 Å². The van der Waals surface area contributed by atoms with Crippen LogP contribution in [-0.2, 0) is 14.8 Å². The third kappa shape index (κ3) is 4.58. The highest BCUT2D eigenvalue weighted by Crippen LogP contribution is 2.26. The third-order valence-electron chi connectivity index (χ3n) is 4.43. The molecule has 1 aromatic rings. The smallest absolute Gasteiger partial charge is 0.305 e. The highest BCUT2D eigenvalue weighted by molar-refractivity contribution is 7.89. The minimum atomic E-state index is -3.66. The molecule has 0 bridgehead atoms. The molecule has 0 aliphatic carbocycles. The van der Waals surface area contributed by atoms with E-state index in [4.69, 9.17) is 5.11 Å². The largest absolute Gasteiger partial charge is 0.481 e. The van der Waals surface area contributed by atoms with Crippen LogP contribution in [0.5, 0.6) is 0 Å². The Labute approximate surface area is 148 Å². The number of rotatable bonds is 6. The topological polar surface area (TPSA) is 104 Å². The Morgan fingerprint density at radius 2 is 2.04 bits per heavy atom. The van der Waals surface area contributed by atoms with E-state index in [0.29, 0.717) is 12.1 Å². The molecular weight excluding hydrogens is 344 g/mol. The van der Waals surface area contributed by atoms with Crippen LogP contribution in [0, 0.1) is 6.92 Å². The molecule has 138 valence electrons. The summed E-state index contributed by atoms with van der Waals surface area (Å²) in [6.07, 6.45) is 2.48. The lowest BCUT2D eigenvalue weighted by Crippen LogP contribution is -2.42. The molecule has 8 heteroatoms. The molecule has 1 aliphatic heterocycles. The molecule has 1 aliphatic rings. The maximum Gasteiger partial charge on any atom is 0.305 e. The van der Waals surface area contributed by atoms with E-state index in [9.17, 15) is 18.0 Å². The van der Waals surface area contributed by atoms with Gasteiger partial charge in [0, 0.05) is 24.7 Å². The summed E-state index contributed by atoms with van der Waals surface area (Å²) in [6.45, 7) is 4.09. The van der Waals surface area contributed by atoms with E-state index in [2.05, 4.69) is 5.32 Å². The Morgan fingerprint density at radius 1 is 1.32 bits per heavy atom. The van der Waals surface area contributed by atoms with Gasteiger partial charge in [0.2, 0.25) is 10.0 Å². The predicted molar refractivity (Wildman–Crippen MR) is 93.0 cm³/mol. The van der Waals surface area contributed by atoms with Crippen LogP contribution in [0.2, 0.25) is 0 Å². The fourth-order valence-corrected chi connectivity index (χ4v) is 4.67. The van der Waals surface area contributed by atoms with Gasteiger partial charge < -0.3 is 10.4 Å². The van der Waals surface area contributed by atoms with Crippen molar-refractivity contribution in [1.82, 2.24) is 9.62 Å². The first-order valence-electron chi connectivity index (χ1n) is 8.36. The van der Waals surface area contributed by atoms with Crippen LogP contribution in [-0.4, -0.2) is 48.8 Å². The molecule has 1 heterocycles. The van der Waals surface area contributed by atoms with E-state index in [0.717, 1.165) is 19.3 Å². The lowest BCUT2D eigenvalue weighted by Gasteiger charge is -2.32. The monoisotopic (exact) mass is 368 g/mol. The van der Waals surface area contributed by atoms with Crippen LogP contribution < -0.4 is 5.32 Å². The molecule has 7 nitrogen and oxygen atoms in total. The number of nitrogens with one attached hydrogen (secondary N) is 1. The number of aliphatic carboxylic acids is 1. The average Bonchev–Trinajstić information content (AvgIpc) is 2.54. The normalized spacial score (nSPS) is 18.7. The summed E-state index contributed by atoms with van der Waals surface area (Å²) >= 11 is 0. The molecule has 1 amide bonds. The van der Waals surface area contributed by atoms with E-state index in [1.807, 2.05) is 6.92 Å². The molecule has 1 aromatic carbocycles. The fourth-order valence-electron chi connectivity index (χ4n) is 2.95. The molecule has 1 atom stereocenters. The van der Waals surface area contributed by atoms with Crippen molar-refractivity contribution in [2.75, 3.05) is 13.1 Å². The van der Waals surface area contributed by atoms with Crippen LogP contribution in [0.15, 0.2) is 23.1 Å². The van der Waals surface area contributed by atoms with Gasteiger partial charge in [-0.1, -0.05) is 12.5 Å². The number of amides is 1. The Kier molecular flexibility index (Phi) is 6.18. The molecular formula is C17H24N2O5S. The minimum Gasteiger partial charge on any atom is -0.481 e. The van der Waals surface area contributed by atoms with Crippen molar-refractivity contribution >= 4 is 21.9 Å². The highest BCUT2D eigenvalue weighted by atomic mass is 32.2. The summed E-state index contributed by atoms with van der Waals surface area (Å²) in [5, 5.41) is 11.1. The second-order valence-corrected chi connectivity index (χ2v) is 8.23. The lowest BCUT2D eigenvalue weighted by atomic mass is 10.1. The second kappa shape index (κ2) is 7.97. The van der Waals surface area contributed by atoms with Crippen molar-refractivity contribution < 1.29 is 23.1 Å². The maximum absolute atomic E-state index is 12.9. The highest BCUT2D eigenvalue weighted by Gasteiger charge is 2.31. The summed E-state index contributed by atoms with van der Waals surface area (Å²) in [6, 6.07) is 4.43. The summed E-state index contributed by atoms with van der Waals surface area (Å²) in [7, 11) is -3.66. The van der Waals surface area contributed by atoms with Crippen molar-refractivity contribution in [3.8, 4) is 0 Å². The van der Waals surface area contributed by atoms with E-state index in [1.54, 1.807) is 13.0 Å². The predicted octanol–water partition coefficient (Wildman–Crippen LogP) is 1.76. The van der Waals surface area contributed by atoms with Crippen LogP contribution >= 0.6 is 0 Å². The summed E-state index contributed by atoms with van der Waals surface area (Å²) in [4.78, 5) is 22.9. The molecule has 0 spiro atoms. The Bertz CT molecular complexity index is 760. The van der Waals surface area contributed by atoms with Crippen molar-refractivity contribution in [3.63, 3.8) is 0 Å². The van der Waals surface area contributed by atoms with Gasteiger partial charge in [0.05, 0.1) is 11.3 Å². The summed E-state index contributed by atoms with van der Waals surface area (Å²) in [5.41, 5.74) is 0.884. The summed E-state index contributed by atoms with van der Waals surface area (Å²) in [5.74, 6) is -1.48. The number of carboxylic acid groups (broad SMARTS) is 1. The average molecular weight is 368 g/mol. The van der Waals surface area contributed by atoms with E-state index >= 15 is 0 Å². The van der Waals surface area contributed by atoms with Gasteiger partial charge in [-0.25, -0.2) is 8.42 Å². The van der Waals surface area contributed by atoms with Crippen molar-refractivity contribution in [2.24, 2.45) is 0 Å². The molecule has 2 N–H and O–H groups in total. The Morgan fingerprint density at radius 3 is 2.68 bits per heavy atom. The number of hydrogen-bond acceptors (Lipinski definition) is 4. The SMILES string of the molecule is Cc1ccc(S(=O)(=O)N2CCCCC2C)cc1C(=O)NCCC(=O)O. The number of carboxylic acids is 1. The maximum atomic E-state index is 12.9. The molecule has 1 unspecified atom stereocenters. The van der Waals surface area contributed by atoms with Gasteiger partial charge in [-0.05, 0) is 44.4 Å². The number of carbonyl (C=O) groups excluding carboxylic acids is 1. The van der Waals surface area contributed by atoms with Gasteiger partial charge in [0.1, 0.15) is 0 Å². The third-order valence-corrected chi connectivity index (χ3v) is 6.44. The minimum absolute atomic E-state index is 0.00621. The molecule has 1 fully saturated rings. The van der Waals surface area contributed by atoms with Crippen LogP contribution in [0.4, 0.5) is 0 Å². The Balaban J connectivity index is 2.25. The molecule has 0 aromatic heterocycles. The van der Waals surface area contributed by atoms with Gasteiger partial charge in [-0.2, -0.15) is 4.31 Å². The summed E-state index contributed by atoms with van der Waals surface area (Å²) < 4.78 is 27.3. The zero-order valence-corrected chi connectivity index (χ0v) is 15.3. The van der Waals surface area contributed by atoms with E-state index < -0.39 is 21.9 Å². The fraction of sp³-hybridized carbons (Fsp3) is 0.529. The molecule has 25 heavy (non-hydrogen) atoms. The number of aryl methyl sites for hydroxylation is 1. The van der Waals surface area contributed by atoms with E-state index in [-0.39, 0.29) is 29.5 Å². The molecule has 0 saturated carbocycles. The quantitative estimate of drug-likeness (QED) is 0.796. The van der Waals surface area contributed by atoms with Crippen molar-refractivity contribution in [1.29, 1.82) is 0 Å². The van der Waals surface area contributed by atoms with Crippen LogP contribution in [0.1, 0.15) is 48.5 Å². The second-order valence-electron chi connectivity index (χ2n) is 6.34. The number of sulfonamides is 1. The van der Waals surface area contributed by atoms with Crippen LogP contribution in [0.3, 0.4) is 0 Å². The van der Waals surface area contributed by atoms with Crippen LogP contribution in [0.25, 0.3) is 0 Å². The number of piperidine rings is 1. The number of hydrogen-bond donors (Lipinski definition) is 2. The van der Waals surface area contributed by atoms with Gasteiger partial charge in [-0.3, -0.25) is 9.59 Å². The van der Waals surface area contributed by atoms with Gasteiger partial charge in [0.25, 0.3) is 5.91 Å². The zero-order valence-electron chi connectivity index (χ0n) is 14.5. The first-order valence-corrected chi connectivity index (χ1v) is 9.80. The Hall–Kier alpha value is -1.93. The van der Waals surface area contributed by atoms with E-state index in [1.165, 1.54) is 16.4 Å². The van der Waals surface area contributed by atoms with Crippen molar-refractivity contribution in [3.05, 3.63) is 29.3 Å². The number of benzene rings is 1. The molecule has 0 radical (unpaired) electrons. The zero-order chi connectivity index (χ0) is 18.6. The first kappa shape index (κ1) is 19.4.